The molecule has 1 saturated heterocycles. The molecule has 1 unspecified atom stereocenters. The number of H-pyrrole nitrogens is 1. The van der Waals surface area contributed by atoms with E-state index in [1.165, 1.54) is 4.90 Å². The predicted octanol–water partition coefficient (Wildman–Crippen LogP) is 6.13. The maximum atomic E-state index is 13.6. The number of para-hydroxylation sites is 2. The maximum absolute atomic E-state index is 13.6. The van der Waals surface area contributed by atoms with E-state index in [1.807, 2.05) is 74.5 Å². The molecular formula is C31H25N3O4. The number of aromatic amines is 1. The lowest BCUT2D eigenvalue weighted by molar-refractivity contribution is -0.132. The van der Waals surface area contributed by atoms with E-state index in [0.717, 1.165) is 16.3 Å². The first-order chi connectivity index (χ1) is 18.4. The summed E-state index contributed by atoms with van der Waals surface area (Å²) in [7, 11) is 0. The fourth-order valence-electron chi connectivity index (χ4n) is 5.00. The van der Waals surface area contributed by atoms with Crippen LogP contribution in [0.5, 0.6) is 5.75 Å². The van der Waals surface area contributed by atoms with Crippen LogP contribution in [0.3, 0.4) is 0 Å². The van der Waals surface area contributed by atoms with Gasteiger partial charge in [-0.1, -0.05) is 66.7 Å². The predicted molar refractivity (Wildman–Crippen MR) is 147 cm³/mol. The van der Waals surface area contributed by atoms with Crippen LogP contribution in [0.4, 0.5) is 5.95 Å². The van der Waals surface area contributed by atoms with E-state index in [0.29, 0.717) is 22.4 Å². The van der Waals surface area contributed by atoms with Gasteiger partial charge >= 0.3 is 5.91 Å². The second-order valence-electron chi connectivity index (χ2n) is 9.51. The minimum absolute atomic E-state index is 0.00402. The van der Waals surface area contributed by atoms with Gasteiger partial charge in [0.2, 0.25) is 5.95 Å². The average molecular weight is 504 g/mol. The molecule has 1 aromatic heterocycles. The zero-order valence-electron chi connectivity index (χ0n) is 20.9. The SMILES string of the molecule is CC(C)Oc1ccc(C2/C(=C(\O)c3cccc4ccccc34)C(=O)C(=O)N2c2nc3ccccc3[nH]2)cc1. The second kappa shape index (κ2) is 9.19. The molecule has 7 nitrogen and oxygen atoms in total. The Balaban J connectivity index is 1.56. The van der Waals surface area contributed by atoms with E-state index in [1.54, 1.807) is 30.3 Å². The van der Waals surface area contributed by atoms with Crippen LogP contribution in [0.15, 0.2) is 96.6 Å². The van der Waals surface area contributed by atoms with E-state index >= 15 is 0 Å². The number of fused-ring (bicyclic) bond motifs is 2. The van der Waals surface area contributed by atoms with Crippen molar-refractivity contribution in [2.75, 3.05) is 4.90 Å². The molecule has 0 aliphatic carbocycles. The summed E-state index contributed by atoms with van der Waals surface area (Å²) in [4.78, 5) is 36.2. The molecule has 1 atom stereocenters. The number of imidazole rings is 1. The number of ketones is 1. The van der Waals surface area contributed by atoms with E-state index in [4.69, 9.17) is 4.74 Å². The molecule has 2 heterocycles. The van der Waals surface area contributed by atoms with Gasteiger partial charge in [0.05, 0.1) is 28.8 Å². The highest BCUT2D eigenvalue weighted by Crippen LogP contribution is 2.42. The van der Waals surface area contributed by atoms with Gasteiger partial charge in [-0.2, -0.15) is 0 Å². The minimum atomic E-state index is -0.900. The van der Waals surface area contributed by atoms with Crippen molar-refractivity contribution in [2.45, 2.75) is 26.0 Å². The first-order valence-electron chi connectivity index (χ1n) is 12.4. The lowest BCUT2D eigenvalue weighted by atomic mass is 9.93. The van der Waals surface area contributed by atoms with Gasteiger partial charge in [-0.25, -0.2) is 4.98 Å². The summed E-state index contributed by atoms with van der Waals surface area (Å²) in [5, 5.41) is 13.3. The van der Waals surface area contributed by atoms with Crippen molar-refractivity contribution in [3.8, 4) is 5.75 Å². The van der Waals surface area contributed by atoms with Crippen molar-refractivity contribution in [3.05, 3.63) is 108 Å². The number of amides is 1. The van der Waals surface area contributed by atoms with Crippen LogP contribution in [0, 0.1) is 0 Å². The summed E-state index contributed by atoms with van der Waals surface area (Å²) in [5.74, 6) is -0.871. The molecule has 188 valence electrons. The number of rotatable bonds is 5. The number of benzene rings is 4. The lowest BCUT2D eigenvalue weighted by Gasteiger charge is -2.23. The van der Waals surface area contributed by atoms with E-state index in [2.05, 4.69) is 9.97 Å². The highest BCUT2D eigenvalue weighted by molar-refractivity contribution is 6.51. The number of carbonyl (C=O) groups is 2. The number of hydrogen-bond acceptors (Lipinski definition) is 5. The normalized spacial score (nSPS) is 17.1. The molecule has 0 spiro atoms. The Labute approximate surface area is 219 Å². The van der Waals surface area contributed by atoms with Crippen molar-refractivity contribution < 1.29 is 19.4 Å². The fraction of sp³-hybridized carbons (Fsp3) is 0.129. The summed E-state index contributed by atoms with van der Waals surface area (Å²) in [6, 6.07) is 26.8. The lowest BCUT2D eigenvalue weighted by Crippen LogP contribution is -2.30. The quantitative estimate of drug-likeness (QED) is 0.171. The number of aliphatic hydroxyl groups excluding tert-OH is 1. The second-order valence-corrected chi connectivity index (χ2v) is 9.51. The Morgan fingerprint density at radius 1 is 0.921 bits per heavy atom. The zero-order valence-corrected chi connectivity index (χ0v) is 20.9. The van der Waals surface area contributed by atoms with Crippen molar-refractivity contribution in [3.63, 3.8) is 0 Å². The molecule has 1 amide bonds. The molecule has 7 heteroatoms. The molecule has 1 aliphatic heterocycles. The molecule has 38 heavy (non-hydrogen) atoms. The van der Waals surface area contributed by atoms with Crippen LogP contribution in [-0.2, 0) is 9.59 Å². The van der Waals surface area contributed by atoms with E-state index in [-0.39, 0.29) is 23.4 Å². The van der Waals surface area contributed by atoms with Crippen molar-refractivity contribution in [2.24, 2.45) is 0 Å². The Morgan fingerprint density at radius 2 is 1.63 bits per heavy atom. The Kier molecular flexibility index (Phi) is 5.68. The number of aromatic nitrogens is 2. The molecule has 1 aliphatic rings. The van der Waals surface area contributed by atoms with Crippen LogP contribution in [0.2, 0.25) is 0 Å². The standard InChI is InChI=1S/C31H25N3O4/c1-18(2)38-21-16-14-20(15-17-21)27-26(28(35)23-11-7-9-19-8-3-4-10-22(19)23)29(36)30(37)34(27)31-32-24-12-5-6-13-25(24)33-31/h3-18,27,35H,1-2H3,(H,32,33)/b28-26+. The summed E-state index contributed by atoms with van der Waals surface area (Å²) in [6.45, 7) is 3.88. The van der Waals surface area contributed by atoms with Gasteiger partial charge in [-0.3, -0.25) is 14.5 Å². The number of anilines is 1. The average Bonchev–Trinajstić information content (AvgIpc) is 3.46. The number of ether oxygens (including phenoxy) is 1. The third-order valence-corrected chi connectivity index (χ3v) is 6.66. The Bertz CT molecular complexity index is 1700. The molecule has 0 saturated carbocycles. The molecular weight excluding hydrogens is 478 g/mol. The van der Waals surface area contributed by atoms with Gasteiger partial charge < -0.3 is 14.8 Å². The van der Waals surface area contributed by atoms with Gasteiger partial charge in [0, 0.05) is 5.56 Å². The highest BCUT2D eigenvalue weighted by Gasteiger charge is 2.48. The Hall–Kier alpha value is -4.91. The zero-order chi connectivity index (χ0) is 26.4. The van der Waals surface area contributed by atoms with Gasteiger partial charge in [-0.05, 0) is 54.4 Å². The van der Waals surface area contributed by atoms with Crippen molar-refractivity contribution >= 4 is 45.2 Å². The van der Waals surface area contributed by atoms with Crippen LogP contribution in [0.1, 0.15) is 31.0 Å². The number of nitrogens with zero attached hydrogens (tertiary/aromatic N) is 2. The van der Waals surface area contributed by atoms with Crippen molar-refractivity contribution in [1.82, 2.24) is 9.97 Å². The molecule has 5 aromatic rings. The van der Waals surface area contributed by atoms with Gasteiger partial charge in [0.15, 0.2) is 0 Å². The summed E-state index contributed by atoms with van der Waals surface area (Å²) < 4.78 is 5.79. The maximum Gasteiger partial charge on any atom is 0.302 e. The smallest absolute Gasteiger partial charge is 0.302 e. The van der Waals surface area contributed by atoms with Gasteiger partial charge in [-0.15, -0.1) is 0 Å². The first kappa shape index (κ1) is 23.5. The molecule has 6 rings (SSSR count). The van der Waals surface area contributed by atoms with E-state index < -0.39 is 17.7 Å². The minimum Gasteiger partial charge on any atom is -0.507 e. The monoisotopic (exact) mass is 503 g/mol. The van der Waals surface area contributed by atoms with E-state index in [9.17, 15) is 14.7 Å². The number of carbonyl (C=O) groups excluding carboxylic acids is 2. The number of aliphatic hydroxyl groups is 1. The third-order valence-electron chi connectivity index (χ3n) is 6.66. The summed E-state index contributed by atoms with van der Waals surface area (Å²) in [6.07, 6.45) is -0.00611. The molecule has 1 fully saturated rings. The van der Waals surface area contributed by atoms with Crippen LogP contribution >= 0.6 is 0 Å². The fourth-order valence-corrected chi connectivity index (χ4v) is 5.00. The molecule has 4 aromatic carbocycles. The van der Waals surface area contributed by atoms with Crippen LogP contribution in [0.25, 0.3) is 27.6 Å². The number of Topliss-reactive ketones (excluding diaryl/α,β-unsaturated/α-hetero) is 1. The topological polar surface area (TPSA) is 95.5 Å². The molecule has 0 radical (unpaired) electrons. The molecule has 0 bridgehead atoms. The molecule has 2 N–H and O–H groups in total. The van der Waals surface area contributed by atoms with Crippen LogP contribution < -0.4 is 9.64 Å². The first-order valence-corrected chi connectivity index (χ1v) is 12.4. The van der Waals surface area contributed by atoms with Gasteiger partial charge in [0.25, 0.3) is 5.78 Å². The number of hydrogen-bond donors (Lipinski definition) is 2. The summed E-state index contributed by atoms with van der Waals surface area (Å²) in [5.41, 5.74) is 2.53. The largest absolute Gasteiger partial charge is 0.507 e. The number of nitrogens with one attached hydrogen (secondary N) is 1. The van der Waals surface area contributed by atoms with Gasteiger partial charge in [0.1, 0.15) is 11.5 Å². The van der Waals surface area contributed by atoms with Crippen molar-refractivity contribution in [1.29, 1.82) is 0 Å². The highest BCUT2D eigenvalue weighted by atomic mass is 16.5. The summed E-state index contributed by atoms with van der Waals surface area (Å²) >= 11 is 0. The third kappa shape index (κ3) is 3.89. The van der Waals surface area contributed by atoms with Crippen LogP contribution in [-0.4, -0.2) is 32.9 Å². The Morgan fingerprint density at radius 3 is 2.39 bits per heavy atom.